The first-order valence-electron chi connectivity index (χ1n) is 12.4. The zero-order valence-corrected chi connectivity index (χ0v) is 23.2. The number of rotatable bonds is 13. The molecule has 1 atom stereocenters. The summed E-state index contributed by atoms with van der Waals surface area (Å²) in [5.74, 6) is 1.61. The number of ether oxygens (including phenoxy) is 1. The Morgan fingerprint density at radius 3 is 2.38 bits per heavy atom. The van der Waals surface area contributed by atoms with Crippen LogP contribution in [-0.2, 0) is 28.3 Å². The molecular formula is C30H35ClN2O3S. The fourth-order valence-electron chi connectivity index (χ4n) is 3.89. The average Bonchev–Trinajstić information content (AvgIpc) is 2.91. The van der Waals surface area contributed by atoms with E-state index in [-0.39, 0.29) is 17.6 Å². The maximum Gasteiger partial charge on any atom is 0.243 e. The molecule has 1 N–H and O–H groups in total. The minimum absolute atomic E-state index is 0.0968. The Balaban J connectivity index is 1.87. The quantitative estimate of drug-likeness (QED) is 0.290. The summed E-state index contributed by atoms with van der Waals surface area (Å²) in [6, 6.07) is 24.4. The molecule has 3 aromatic rings. The van der Waals surface area contributed by atoms with Crippen molar-refractivity contribution < 1.29 is 14.3 Å². The Morgan fingerprint density at radius 2 is 1.68 bits per heavy atom. The monoisotopic (exact) mass is 538 g/mol. The summed E-state index contributed by atoms with van der Waals surface area (Å²) in [5.41, 5.74) is 2.88. The molecule has 5 nitrogen and oxygen atoms in total. The summed E-state index contributed by atoms with van der Waals surface area (Å²) < 4.78 is 5.39. The number of thioether (sulfide) groups is 1. The molecule has 0 unspecified atom stereocenters. The van der Waals surface area contributed by atoms with Gasteiger partial charge in [-0.2, -0.15) is 0 Å². The molecule has 0 fully saturated rings. The summed E-state index contributed by atoms with van der Waals surface area (Å²) in [6.07, 6.45) is 0.426. The molecular weight excluding hydrogens is 504 g/mol. The number of halogens is 1. The van der Waals surface area contributed by atoms with Crippen LogP contribution in [0.2, 0.25) is 5.02 Å². The zero-order valence-electron chi connectivity index (χ0n) is 21.7. The first-order valence-corrected chi connectivity index (χ1v) is 14.0. The lowest BCUT2D eigenvalue weighted by atomic mass is 10.0. The minimum atomic E-state index is -0.652. The van der Waals surface area contributed by atoms with Crippen LogP contribution in [0.1, 0.15) is 30.5 Å². The van der Waals surface area contributed by atoms with Crippen molar-refractivity contribution in [2.45, 2.75) is 38.6 Å². The molecule has 0 saturated heterocycles. The lowest BCUT2D eigenvalue weighted by Gasteiger charge is -2.32. The molecule has 0 heterocycles. The third-order valence-electron chi connectivity index (χ3n) is 5.88. The number of carbonyl (C=O) groups excluding carboxylic acids is 2. The van der Waals surface area contributed by atoms with Gasteiger partial charge in [-0.25, -0.2) is 0 Å². The van der Waals surface area contributed by atoms with Crippen LogP contribution in [0.25, 0.3) is 0 Å². The standard InChI is InChI=1S/C30H35ClN2O3S/c1-22(2)18-32-30(35)28(17-23-10-5-4-6-11-23)33(19-24-12-9-14-26(16-24)36-3)29(34)21-37-20-25-13-7-8-15-27(25)31/h4-16,22,28H,17-21H2,1-3H3,(H,32,35)/t28-/m1/s1. The summed E-state index contributed by atoms with van der Waals surface area (Å²) >= 11 is 7.80. The van der Waals surface area contributed by atoms with Crippen molar-refractivity contribution in [3.05, 3.63) is 101 Å². The second-order valence-electron chi connectivity index (χ2n) is 9.30. The molecule has 37 heavy (non-hydrogen) atoms. The SMILES string of the molecule is COc1cccc(CN(C(=O)CSCc2ccccc2Cl)[C@H](Cc2ccccc2)C(=O)NCC(C)C)c1. The number of hydrogen-bond donors (Lipinski definition) is 1. The topological polar surface area (TPSA) is 58.6 Å². The van der Waals surface area contributed by atoms with E-state index in [1.54, 1.807) is 12.0 Å². The Hall–Kier alpha value is -2.96. The Morgan fingerprint density at radius 1 is 0.973 bits per heavy atom. The molecule has 3 aromatic carbocycles. The van der Waals surface area contributed by atoms with E-state index in [9.17, 15) is 9.59 Å². The van der Waals surface area contributed by atoms with Gasteiger partial charge in [0, 0.05) is 30.3 Å². The highest BCUT2D eigenvalue weighted by Gasteiger charge is 2.30. The highest BCUT2D eigenvalue weighted by atomic mass is 35.5. The average molecular weight is 539 g/mol. The van der Waals surface area contributed by atoms with E-state index in [4.69, 9.17) is 16.3 Å². The smallest absolute Gasteiger partial charge is 0.243 e. The van der Waals surface area contributed by atoms with Gasteiger partial charge < -0.3 is 15.0 Å². The highest BCUT2D eigenvalue weighted by Crippen LogP contribution is 2.23. The van der Waals surface area contributed by atoms with Crippen LogP contribution in [0, 0.1) is 5.92 Å². The van der Waals surface area contributed by atoms with Gasteiger partial charge in [0.25, 0.3) is 0 Å². The lowest BCUT2D eigenvalue weighted by Crippen LogP contribution is -2.51. The number of methoxy groups -OCH3 is 1. The first kappa shape index (κ1) is 28.6. The van der Waals surface area contributed by atoms with E-state index in [1.807, 2.05) is 78.9 Å². The number of hydrogen-bond acceptors (Lipinski definition) is 4. The second kappa shape index (κ2) is 14.7. The van der Waals surface area contributed by atoms with Crippen molar-refractivity contribution in [1.29, 1.82) is 0 Å². The van der Waals surface area contributed by atoms with Crippen molar-refractivity contribution in [3.8, 4) is 5.75 Å². The van der Waals surface area contributed by atoms with Crippen molar-refractivity contribution >= 4 is 35.2 Å². The minimum Gasteiger partial charge on any atom is -0.497 e. The van der Waals surface area contributed by atoms with Gasteiger partial charge in [-0.3, -0.25) is 9.59 Å². The maximum absolute atomic E-state index is 13.7. The molecule has 0 aliphatic carbocycles. The normalized spacial score (nSPS) is 11.7. The van der Waals surface area contributed by atoms with E-state index in [0.717, 1.165) is 16.7 Å². The fourth-order valence-corrected chi connectivity index (χ4v) is 5.09. The van der Waals surface area contributed by atoms with Crippen molar-refractivity contribution in [3.63, 3.8) is 0 Å². The molecule has 0 aromatic heterocycles. The van der Waals surface area contributed by atoms with Crippen molar-refractivity contribution in [1.82, 2.24) is 10.2 Å². The Bertz CT molecular complexity index is 1160. The van der Waals surface area contributed by atoms with Crippen LogP contribution in [0.5, 0.6) is 5.75 Å². The number of nitrogens with zero attached hydrogens (tertiary/aromatic N) is 1. The number of carbonyl (C=O) groups is 2. The predicted octanol–water partition coefficient (Wildman–Crippen LogP) is 5.99. The Labute approximate surface area is 229 Å². The van der Waals surface area contributed by atoms with Crippen LogP contribution >= 0.6 is 23.4 Å². The fraction of sp³-hybridized carbons (Fsp3) is 0.333. The summed E-state index contributed by atoms with van der Waals surface area (Å²) in [4.78, 5) is 28.9. The molecule has 0 radical (unpaired) electrons. The summed E-state index contributed by atoms with van der Waals surface area (Å²) in [6.45, 7) is 4.95. The van der Waals surface area contributed by atoms with Crippen LogP contribution in [0.15, 0.2) is 78.9 Å². The summed E-state index contributed by atoms with van der Waals surface area (Å²) in [5, 5.41) is 3.74. The third-order valence-corrected chi connectivity index (χ3v) is 7.22. The van der Waals surface area contributed by atoms with Gasteiger partial charge in [-0.15, -0.1) is 11.8 Å². The molecule has 0 aliphatic heterocycles. The van der Waals surface area contributed by atoms with E-state index >= 15 is 0 Å². The van der Waals surface area contributed by atoms with Gasteiger partial charge in [0.2, 0.25) is 11.8 Å². The molecule has 0 spiro atoms. The molecule has 3 rings (SSSR count). The largest absolute Gasteiger partial charge is 0.497 e. The number of nitrogens with one attached hydrogen (secondary N) is 1. The summed E-state index contributed by atoms with van der Waals surface area (Å²) in [7, 11) is 1.62. The molecule has 2 amide bonds. The van der Waals surface area contributed by atoms with Crippen LogP contribution < -0.4 is 10.1 Å². The number of amides is 2. The third kappa shape index (κ3) is 9.13. The van der Waals surface area contributed by atoms with Crippen LogP contribution in [0.4, 0.5) is 0 Å². The highest BCUT2D eigenvalue weighted by molar-refractivity contribution is 7.99. The molecule has 196 valence electrons. The first-order chi connectivity index (χ1) is 17.9. The van der Waals surface area contributed by atoms with Gasteiger partial charge in [-0.05, 0) is 40.8 Å². The van der Waals surface area contributed by atoms with Gasteiger partial charge in [-0.1, -0.05) is 86.1 Å². The van der Waals surface area contributed by atoms with E-state index in [1.165, 1.54) is 11.8 Å². The number of benzene rings is 3. The lowest BCUT2D eigenvalue weighted by molar-refractivity contribution is -0.139. The van der Waals surface area contributed by atoms with Gasteiger partial charge in [0.1, 0.15) is 11.8 Å². The van der Waals surface area contributed by atoms with Crippen LogP contribution in [0.3, 0.4) is 0 Å². The van der Waals surface area contributed by atoms with E-state index in [0.29, 0.717) is 42.0 Å². The molecule has 0 aliphatic rings. The van der Waals surface area contributed by atoms with Gasteiger partial charge >= 0.3 is 0 Å². The van der Waals surface area contributed by atoms with Gasteiger partial charge in [0.15, 0.2) is 0 Å². The maximum atomic E-state index is 13.7. The molecule has 0 saturated carbocycles. The molecule has 7 heteroatoms. The van der Waals surface area contributed by atoms with Gasteiger partial charge in [0.05, 0.1) is 12.9 Å². The predicted molar refractivity (Wildman–Crippen MR) is 153 cm³/mol. The van der Waals surface area contributed by atoms with Crippen LogP contribution in [-0.4, -0.2) is 42.2 Å². The van der Waals surface area contributed by atoms with Crippen molar-refractivity contribution in [2.24, 2.45) is 5.92 Å². The second-order valence-corrected chi connectivity index (χ2v) is 10.7. The van der Waals surface area contributed by atoms with E-state index < -0.39 is 6.04 Å². The van der Waals surface area contributed by atoms with E-state index in [2.05, 4.69) is 19.2 Å². The van der Waals surface area contributed by atoms with Crippen molar-refractivity contribution in [2.75, 3.05) is 19.4 Å². The Kier molecular flexibility index (Phi) is 11.4. The zero-order chi connectivity index (χ0) is 26.6. The molecule has 0 bridgehead atoms.